The fourth-order valence-electron chi connectivity index (χ4n) is 3.32. The Balaban J connectivity index is 2.32. The van der Waals surface area contributed by atoms with Crippen LogP contribution in [0.1, 0.15) is 53.4 Å². The number of urea groups is 1. The third kappa shape index (κ3) is 2.57. The van der Waals surface area contributed by atoms with Crippen LogP contribution in [0.3, 0.4) is 0 Å². The molecular weight excluding hydrogens is 272 g/mol. The molecular formula is C15H24N2O4. The van der Waals surface area contributed by atoms with E-state index in [1.54, 1.807) is 0 Å². The van der Waals surface area contributed by atoms with Gasteiger partial charge in [0.05, 0.1) is 5.60 Å². The lowest BCUT2D eigenvalue weighted by atomic mass is 9.77. The summed E-state index contributed by atoms with van der Waals surface area (Å²) in [5, 5.41) is 2.36. The number of amides is 4. The lowest BCUT2D eigenvalue weighted by Gasteiger charge is -2.45. The van der Waals surface area contributed by atoms with E-state index >= 15 is 0 Å². The highest BCUT2D eigenvalue weighted by Gasteiger charge is 2.53. The Morgan fingerprint density at radius 1 is 1.24 bits per heavy atom. The van der Waals surface area contributed by atoms with E-state index in [0.29, 0.717) is 32.3 Å². The van der Waals surface area contributed by atoms with E-state index in [1.165, 1.54) is 4.90 Å². The van der Waals surface area contributed by atoms with Crippen molar-refractivity contribution in [3.8, 4) is 0 Å². The van der Waals surface area contributed by atoms with Gasteiger partial charge in [0.15, 0.2) is 0 Å². The zero-order valence-electron chi connectivity index (χ0n) is 13.2. The zero-order valence-corrected chi connectivity index (χ0v) is 13.2. The smallest absolute Gasteiger partial charge is 0.331 e. The van der Waals surface area contributed by atoms with Crippen molar-refractivity contribution in [2.75, 3.05) is 6.61 Å². The maximum atomic E-state index is 12.8. The second-order valence-corrected chi connectivity index (χ2v) is 6.48. The minimum atomic E-state index is -1.11. The number of rotatable bonds is 3. The zero-order chi connectivity index (χ0) is 15.8. The van der Waals surface area contributed by atoms with Crippen LogP contribution in [-0.2, 0) is 14.3 Å². The van der Waals surface area contributed by atoms with E-state index in [0.717, 1.165) is 0 Å². The summed E-state index contributed by atoms with van der Waals surface area (Å²) < 4.78 is 5.65. The first-order chi connectivity index (χ1) is 9.77. The summed E-state index contributed by atoms with van der Waals surface area (Å²) in [5.74, 6) is -0.825. The predicted octanol–water partition coefficient (Wildman–Crippen LogP) is 1.83. The molecule has 2 fully saturated rings. The Morgan fingerprint density at radius 2 is 1.86 bits per heavy atom. The average Bonchev–Trinajstić information content (AvgIpc) is 2.38. The molecule has 2 rings (SSSR count). The highest BCUT2D eigenvalue weighted by molar-refractivity contribution is 6.19. The fourth-order valence-corrected chi connectivity index (χ4v) is 3.32. The van der Waals surface area contributed by atoms with E-state index < -0.39 is 17.4 Å². The minimum Gasteiger partial charge on any atom is -0.375 e. The van der Waals surface area contributed by atoms with Crippen LogP contribution in [0.2, 0.25) is 0 Å². The number of carbonyl (C=O) groups is 3. The Labute approximate surface area is 125 Å². The number of nitrogens with one attached hydrogen (secondary N) is 1. The molecule has 0 spiro atoms. The summed E-state index contributed by atoms with van der Waals surface area (Å²) in [6.07, 6.45) is 1.99. The average molecular weight is 296 g/mol. The molecule has 0 aromatic rings. The molecule has 2 heterocycles. The molecule has 1 atom stereocenters. The number of hydrogen-bond donors (Lipinski definition) is 1. The Kier molecular flexibility index (Phi) is 4.10. The number of ether oxygens (including phenoxy) is 1. The van der Waals surface area contributed by atoms with E-state index in [1.807, 2.05) is 27.7 Å². The van der Waals surface area contributed by atoms with E-state index in [4.69, 9.17) is 4.74 Å². The number of barbiturate groups is 1. The first-order valence-corrected chi connectivity index (χ1v) is 7.60. The van der Waals surface area contributed by atoms with Gasteiger partial charge in [0.1, 0.15) is 5.41 Å². The molecule has 6 heteroatoms. The molecule has 4 amide bonds. The highest BCUT2D eigenvalue weighted by atomic mass is 16.5. The third-order valence-corrected chi connectivity index (χ3v) is 4.75. The molecule has 2 saturated heterocycles. The second-order valence-electron chi connectivity index (χ2n) is 6.48. The number of nitrogens with zero attached hydrogens (tertiary/aromatic N) is 1. The molecule has 0 aromatic carbocycles. The van der Waals surface area contributed by atoms with Crippen LogP contribution in [0.15, 0.2) is 0 Å². The van der Waals surface area contributed by atoms with Crippen molar-refractivity contribution in [3.05, 3.63) is 0 Å². The molecule has 0 radical (unpaired) electrons. The summed E-state index contributed by atoms with van der Waals surface area (Å²) in [5.41, 5.74) is -1.48. The lowest BCUT2D eigenvalue weighted by molar-refractivity contribution is -0.157. The van der Waals surface area contributed by atoms with Crippen molar-refractivity contribution < 1.29 is 19.1 Å². The van der Waals surface area contributed by atoms with Crippen LogP contribution in [0.5, 0.6) is 0 Å². The van der Waals surface area contributed by atoms with Crippen LogP contribution < -0.4 is 5.32 Å². The molecule has 0 bridgehead atoms. The van der Waals surface area contributed by atoms with Crippen LogP contribution >= 0.6 is 0 Å². The van der Waals surface area contributed by atoms with E-state index in [9.17, 15) is 14.4 Å². The van der Waals surface area contributed by atoms with Crippen molar-refractivity contribution >= 4 is 17.8 Å². The van der Waals surface area contributed by atoms with E-state index in [-0.39, 0.29) is 17.6 Å². The van der Waals surface area contributed by atoms with Gasteiger partial charge in [0.2, 0.25) is 11.8 Å². The summed E-state index contributed by atoms with van der Waals surface area (Å²) in [6, 6.07) is -0.808. The number of carbonyl (C=O) groups excluding carboxylic acids is 3. The summed E-state index contributed by atoms with van der Waals surface area (Å²) in [4.78, 5) is 38.4. The van der Waals surface area contributed by atoms with E-state index in [2.05, 4.69) is 5.32 Å². The largest absolute Gasteiger partial charge is 0.375 e. The number of hydrogen-bond acceptors (Lipinski definition) is 4. The van der Waals surface area contributed by atoms with Crippen LogP contribution in [-0.4, -0.2) is 41.0 Å². The Hall–Kier alpha value is -1.43. The first kappa shape index (κ1) is 15.9. The van der Waals surface area contributed by atoms with Gasteiger partial charge in [-0.15, -0.1) is 0 Å². The molecule has 0 aliphatic carbocycles. The predicted molar refractivity (Wildman–Crippen MR) is 76.5 cm³/mol. The third-order valence-electron chi connectivity index (χ3n) is 4.75. The van der Waals surface area contributed by atoms with Gasteiger partial charge < -0.3 is 4.74 Å². The summed E-state index contributed by atoms with van der Waals surface area (Å²) >= 11 is 0. The Bertz CT molecular complexity index is 468. The van der Waals surface area contributed by atoms with Gasteiger partial charge in [-0.05, 0) is 39.5 Å². The van der Waals surface area contributed by atoms with Gasteiger partial charge in [-0.3, -0.25) is 19.8 Å². The summed E-state index contributed by atoms with van der Waals surface area (Å²) in [7, 11) is 0. The van der Waals surface area contributed by atoms with Gasteiger partial charge in [-0.1, -0.05) is 13.8 Å². The SMILES string of the molecule is CCC1(CC)C(=O)NC(=O)N(C2CCOC(C)(C)C2)C1=O. The van der Waals surface area contributed by atoms with Crippen molar-refractivity contribution in [1.29, 1.82) is 0 Å². The molecule has 0 aromatic heterocycles. The Morgan fingerprint density at radius 3 is 2.38 bits per heavy atom. The molecule has 118 valence electrons. The van der Waals surface area contributed by atoms with Gasteiger partial charge in [0.25, 0.3) is 0 Å². The van der Waals surface area contributed by atoms with Gasteiger partial charge in [-0.2, -0.15) is 0 Å². The van der Waals surface area contributed by atoms with Crippen molar-refractivity contribution in [3.63, 3.8) is 0 Å². The lowest BCUT2D eigenvalue weighted by Crippen LogP contribution is -2.67. The van der Waals surface area contributed by atoms with Crippen molar-refractivity contribution in [2.45, 2.75) is 65.0 Å². The van der Waals surface area contributed by atoms with Crippen molar-refractivity contribution in [1.82, 2.24) is 10.2 Å². The van der Waals surface area contributed by atoms with Crippen LogP contribution in [0, 0.1) is 5.41 Å². The normalized spacial score (nSPS) is 28.5. The van der Waals surface area contributed by atoms with Gasteiger partial charge in [0, 0.05) is 12.6 Å². The number of imide groups is 2. The molecule has 6 nitrogen and oxygen atoms in total. The maximum Gasteiger partial charge on any atom is 0.331 e. The highest BCUT2D eigenvalue weighted by Crippen LogP contribution is 2.36. The standard InChI is InChI=1S/C15H24N2O4/c1-5-15(6-2)11(18)16-13(20)17(12(15)19)10-7-8-21-14(3,4)9-10/h10H,5-9H2,1-4H3,(H,16,18,20). The molecule has 1 N–H and O–H groups in total. The maximum absolute atomic E-state index is 12.8. The molecule has 1 unspecified atom stereocenters. The van der Waals surface area contributed by atoms with Gasteiger partial charge >= 0.3 is 6.03 Å². The molecule has 2 aliphatic heterocycles. The summed E-state index contributed by atoms with van der Waals surface area (Å²) in [6.45, 7) is 8.02. The molecule has 2 aliphatic rings. The topological polar surface area (TPSA) is 75.7 Å². The minimum absolute atomic E-state index is 0.216. The molecule has 21 heavy (non-hydrogen) atoms. The van der Waals surface area contributed by atoms with Crippen LogP contribution in [0.25, 0.3) is 0 Å². The van der Waals surface area contributed by atoms with Crippen LogP contribution in [0.4, 0.5) is 4.79 Å². The first-order valence-electron chi connectivity index (χ1n) is 7.60. The molecule has 0 saturated carbocycles. The second kappa shape index (κ2) is 5.40. The monoisotopic (exact) mass is 296 g/mol. The quantitative estimate of drug-likeness (QED) is 0.806. The van der Waals surface area contributed by atoms with Gasteiger partial charge in [-0.25, -0.2) is 4.79 Å². The van der Waals surface area contributed by atoms with Crippen molar-refractivity contribution in [2.24, 2.45) is 5.41 Å². The fraction of sp³-hybridized carbons (Fsp3) is 0.800.